The van der Waals surface area contributed by atoms with Crippen molar-refractivity contribution in [3.63, 3.8) is 0 Å². The van der Waals surface area contributed by atoms with Crippen LogP contribution in [0.5, 0.6) is 0 Å². The number of aromatic nitrogens is 3. The fourth-order valence-electron chi connectivity index (χ4n) is 5.20. The molecule has 0 bridgehead atoms. The van der Waals surface area contributed by atoms with Crippen molar-refractivity contribution in [1.82, 2.24) is 20.3 Å². The number of halogens is 1. The van der Waals surface area contributed by atoms with Crippen LogP contribution in [-0.4, -0.2) is 15.0 Å². The van der Waals surface area contributed by atoms with Crippen LogP contribution in [0, 0.1) is 5.92 Å². The van der Waals surface area contributed by atoms with E-state index in [-0.39, 0.29) is 0 Å². The number of nitrogen functional groups attached to an aromatic ring is 1. The largest absolute Gasteiger partial charge is 0.397 e. The number of fused-ring (bicyclic) bond motifs is 1. The Kier molecular flexibility index (Phi) is 8.34. The van der Waals surface area contributed by atoms with Gasteiger partial charge in [0.25, 0.3) is 0 Å². The lowest BCUT2D eigenvalue weighted by Crippen LogP contribution is -2.20. The van der Waals surface area contributed by atoms with Crippen LogP contribution in [0.1, 0.15) is 56.1 Å². The molecular formula is C32H34ClN5S. The molecule has 0 aliphatic heterocycles. The first kappa shape index (κ1) is 27.0. The lowest BCUT2D eigenvalue weighted by atomic mass is 9.87. The van der Waals surface area contributed by atoms with E-state index in [1.54, 1.807) is 11.3 Å². The molecule has 0 saturated heterocycles. The molecule has 0 spiro atoms. The van der Waals surface area contributed by atoms with Crippen LogP contribution in [0.25, 0.3) is 27.0 Å². The Bertz CT molecular complexity index is 1570. The number of pyridine rings is 2. The third kappa shape index (κ3) is 6.18. The average molecular weight is 556 g/mol. The highest BCUT2D eigenvalue weighted by Gasteiger charge is 2.17. The molecule has 1 fully saturated rings. The zero-order valence-corrected chi connectivity index (χ0v) is 23.8. The third-order valence-electron chi connectivity index (χ3n) is 7.33. The number of rotatable bonds is 9. The lowest BCUT2D eigenvalue weighted by molar-refractivity contribution is 0.393. The predicted octanol–water partition coefficient (Wildman–Crippen LogP) is 8.67. The van der Waals surface area contributed by atoms with Crippen molar-refractivity contribution < 1.29 is 0 Å². The topological polar surface area (TPSA) is 79.6 Å². The highest BCUT2D eigenvalue weighted by atomic mass is 35.5. The summed E-state index contributed by atoms with van der Waals surface area (Å²) in [5.74, 6) is 0.514. The molecule has 5 nitrogen and oxygen atoms in total. The summed E-state index contributed by atoms with van der Waals surface area (Å²) < 4.78 is 0.765. The number of hydrogen-bond acceptors (Lipinski definition) is 5. The molecule has 7 heteroatoms. The Morgan fingerprint density at radius 1 is 1.21 bits per heavy atom. The van der Waals surface area contributed by atoms with E-state index in [2.05, 4.69) is 46.7 Å². The van der Waals surface area contributed by atoms with E-state index in [9.17, 15) is 0 Å². The summed E-state index contributed by atoms with van der Waals surface area (Å²) >= 11 is 7.75. The minimum Gasteiger partial charge on any atom is -0.397 e. The second-order valence-electron chi connectivity index (χ2n) is 9.96. The maximum atomic E-state index is 6.39. The summed E-state index contributed by atoms with van der Waals surface area (Å²) in [5.41, 5.74) is 14.6. The van der Waals surface area contributed by atoms with Crippen molar-refractivity contribution in [1.29, 1.82) is 0 Å². The summed E-state index contributed by atoms with van der Waals surface area (Å²) in [6, 6.07) is 12.0. The van der Waals surface area contributed by atoms with Crippen molar-refractivity contribution in [2.24, 2.45) is 5.92 Å². The fourth-order valence-corrected chi connectivity index (χ4v) is 6.29. The number of anilines is 1. The number of H-pyrrole nitrogens is 1. The molecule has 39 heavy (non-hydrogen) atoms. The Balaban J connectivity index is 1.39. The second-order valence-corrected chi connectivity index (χ2v) is 11.7. The number of aromatic amines is 1. The molecule has 0 unspecified atom stereocenters. The molecule has 0 aromatic carbocycles. The van der Waals surface area contributed by atoms with Gasteiger partial charge in [-0.3, -0.25) is 4.98 Å². The van der Waals surface area contributed by atoms with Crippen LogP contribution < -0.4 is 11.1 Å². The van der Waals surface area contributed by atoms with E-state index >= 15 is 0 Å². The van der Waals surface area contributed by atoms with Crippen molar-refractivity contribution in [3.8, 4) is 10.4 Å². The predicted molar refractivity (Wildman–Crippen MR) is 167 cm³/mol. The van der Waals surface area contributed by atoms with Crippen LogP contribution in [0.2, 0.25) is 4.34 Å². The normalized spacial score (nSPS) is 15.0. The van der Waals surface area contributed by atoms with E-state index in [0.29, 0.717) is 18.0 Å². The molecule has 0 atom stereocenters. The van der Waals surface area contributed by atoms with Crippen LogP contribution in [0.4, 0.5) is 5.69 Å². The van der Waals surface area contributed by atoms with Gasteiger partial charge >= 0.3 is 0 Å². The van der Waals surface area contributed by atoms with E-state index in [1.807, 2.05) is 49.5 Å². The van der Waals surface area contributed by atoms with Gasteiger partial charge in [-0.1, -0.05) is 50.1 Å². The molecule has 4 aromatic rings. The number of hydrogen-bond donors (Lipinski definition) is 3. The number of allylic oxidation sites excluding steroid dienone is 5. The van der Waals surface area contributed by atoms with Gasteiger partial charge in [-0.05, 0) is 79.8 Å². The van der Waals surface area contributed by atoms with Gasteiger partial charge in [0, 0.05) is 45.5 Å². The molecule has 4 N–H and O–H groups in total. The van der Waals surface area contributed by atoms with Gasteiger partial charge in [0.1, 0.15) is 5.65 Å². The molecule has 1 aliphatic carbocycles. The highest BCUT2D eigenvalue weighted by molar-refractivity contribution is 7.19. The lowest BCUT2D eigenvalue weighted by Gasteiger charge is -2.25. The van der Waals surface area contributed by atoms with E-state index in [1.165, 1.54) is 32.1 Å². The molecule has 0 radical (unpaired) electrons. The average Bonchev–Trinajstić information content (AvgIpc) is 3.58. The van der Waals surface area contributed by atoms with Gasteiger partial charge in [0.2, 0.25) is 0 Å². The molecule has 4 heterocycles. The number of nitrogens with zero attached hydrogens (tertiary/aromatic N) is 2. The third-order valence-corrected chi connectivity index (χ3v) is 8.60. The number of thiophene rings is 1. The van der Waals surface area contributed by atoms with Crippen LogP contribution in [0.3, 0.4) is 0 Å². The monoisotopic (exact) mass is 555 g/mol. The number of nitrogens with two attached hydrogens (primary N) is 1. The zero-order valence-electron chi connectivity index (χ0n) is 22.3. The van der Waals surface area contributed by atoms with Crippen LogP contribution in [-0.2, 0) is 6.42 Å². The van der Waals surface area contributed by atoms with Crippen LogP contribution >= 0.6 is 22.9 Å². The SMILES string of the molecule is C=C/C(=C\C(=C/C)c1ccc(N)c(Cc2cc3c(-c4ccc(Cl)s4)ccnc3[nH]2)n1)NC(=C)C1CCCCC1. The maximum Gasteiger partial charge on any atom is 0.138 e. The van der Waals surface area contributed by atoms with Gasteiger partial charge in [0.05, 0.1) is 21.4 Å². The quantitative estimate of drug-likeness (QED) is 0.180. The van der Waals surface area contributed by atoms with Gasteiger partial charge in [-0.15, -0.1) is 11.3 Å². The fraction of sp³-hybridized carbons (Fsp3) is 0.250. The molecule has 4 aromatic heterocycles. The summed E-state index contributed by atoms with van der Waals surface area (Å²) in [4.78, 5) is 14.1. The standard InChI is InChI=1S/C32H34ClN5S/c1-4-21(17-23(5-2)36-20(3)22-9-7-6-8-10-22)28-12-11-27(34)29(38-28)19-24-18-26-25(15-16-35-32(26)37-24)30-13-14-31(33)39-30/h4-5,11-18,22,36H,2-3,6-10,19,34H2,1H3,(H,35,37)/b21-4+,23-17+. The van der Waals surface area contributed by atoms with Gasteiger partial charge < -0.3 is 16.0 Å². The summed E-state index contributed by atoms with van der Waals surface area (Å²) in [5, 5.41) is 4.56. The van der Waals surface area contributed by atoms with Gasteiger partial charge in [-0.2, -0.15) is 0 Å². The Labute approximate surface area is 239 Å². The zero-order chi connectivity index (χ0) is 27.4. The smallest absolute Gasteiger partial charge is 0.138 e. The highest BCUT2D eigenvalue weighted by Crippen LogP contribution is 2.35. The minimum absolute atomic E-state index is 0.514. The van der Waals surface area contributed by atoms with E-state index < -0.39 is 0 Å². The Hall–Kier alpha value is -3.61. The van der Waals surface area contributed by atoms with Crippen molar-refractivity contribution in [2.75, 3.05) is 5.73 Å². The molecule has 200 valence electrons. The van der Waals surface area contributed by atoms with E-state index in [4.69, 9.17) is 22.3 Å². The molecule has 5 rings (SSSR count). The van der Waals surface area contributed by atoms with Gasteiger partial charge in [0.15, 0.2) is 0 Å². The van der Waals surface area contributed by atoms with Crippen molar-refractivity contribution in [2.45, 2.75) is 45.4 Å². The first-order chi connectivity index (χ1) is 18.9. The van der Waals surface area contributed by atoms with Crippen LogP contribution in [0.15, 0.2) is 85.4 Å². The number of nitrogens with one attached hydrogen (secondary N) is 2. The molecule has 0 amide bonds. The van der Waals surface area contributed by atoms with Gasteiger partial charge in [-0.25, -0.2) is 4.98 Å². The van der Waals surface area contributed by atoms with Crippen molar-refractivity contribution >= 4 is 45.2 Å². The first-order valence-corrected chi connectivity index (χ1v) is 14.6. The maximum absolute atomic E-state index is 6.39. The summed E-state index contributed by atoms with van der Waals surface area (Å²) in [7, 11) is 0. The van der Waals surface area contributed by atoms with Crippen molar-refractivity contribution in [3.05, 3.63) is 107 Å². The molecule has 1 saturated carbocycles. The minimum atomic E-state index is 0.514. The summed E-state index contributed by atoms with van der Waals surface area (Å²) in [6.45, 7) is 10.4. The Morgan fingerprint density at radius 3 is 2.74 bits per heavy atom. The molecular weight excluding hydrogens is 522 g/mol. The van der Waals surface area contributed by atoms with E-state index in [0.717, 1.165) is 59.9 Å². The molecule has 1 aliphatic rings. The second kappa shape index (κ2) is 12.1. The Morgan fingerprint density at radius 2 is 2.03 bits per heavy atom. The first-order valence-electron chi connectivity index (χ1n) is 13.4. The summed E-state index contributed by atoms with van der Waals surface area (Å²) in [6.07, 6.45) is 14.6.